The summed E-state index contributed by atoms with van der Waals surface area (Å²) in [7, 11) is 3.89. The number of rotatable bonds is 12. The van der Waals surface area contributed by atoms with Crippen LogP contribution < -0.4 is 4.74 Å². The van der Waals surface area contributed by atoms with Gasteiger partial charge in [-0.15, -0.1) is 0 Å². The average molecular weight is 800 g/mol. The van der Waals surface area contributed by atoms with Crippen molar-refractivity contribution < 1.29 is 9.84 Å². The van der Waals surface area contributed by atoms with Gasteiger partial charge in [-0.05, 0) is 111 Å². The summed E-state index contributed by atoms with van der Waals surface area (Å²) in [6.07, 6.45) is 4.76. The zero-order chi connectivity index (χ0) is 36.3. The smallest absolute Gasteiger partial charge is 0.217 e. The minimum atomic E-state index is -1.26. The number of ether oxygens (including phenoxy) is 1. The molecule has 1 N–H and O–H groups in total. The number of hydrogen-bond acceptors (Lipinski definition) is 8. The molecule has 3 atom stereocenters. The molecule has 274 valence electrons. The topological polar surface area (TPSA) is 52.1 Å². The zero-order valence-electron chi connectivity index (χ0n) is 30.3. The Morgan fingerprint density at radius 2 is 1.65 bits per heavy atom. The number of methoxy groups -OCH3 is 1. The van der Waals surface area contributed by atoms with Gasteiger partial charge >= 0.3 is 0 Å². The number of fused-ring (bicyclic) bond motifs is 2. The number of pyridine rings is 1. The van der Waals surface area contributed by atoms with E-state index in [-0.39, 0.29) is 4.87 Å². The highest BCUT2D eigenvalue weighted by Crippen LogP contribution is 2.48. The summed E-state index contributed by atoms with van der Waals surface area (Å²) < 4.78 is 7.00. The third-order valence-electron chi connectivity index (χ3n) is 11.5. The molecule has 0 spiro atoms. The zero-order valence-corrected chi connectivity index (χ0v) is 33.7. The summed E-state index contributed by atoms with van der Waals surface area (Å²) in [6.45, 7) is 6.17. The first kappa shape index (κ1) is 37.7. The lowest BCUT2D eigenvalue weighted by Gasteiger charge is -2.52. The third-order valence-corrected chi connectivity index (χ3v) is 13.3. The van der Waals surface area contributed by atoms with Gasteiger partial charge < -0.3 is 14.7 Å². The minimum absolute atomic E-state index is 0.249. The van der Waals surface area contributed by atoms with Gasteiger partial charge in [0.15, 0.2) is 0 Å². The fourth-order valence-electron chi connectivity index (χ4n) is 8.66. The molecule has 3 heterocycles. The Labute approximate surface area is 328 Å². The van der Waals surface area contributed by atoms with Crippen molar-refractivity contribution in [3.8, 4) is 5.88 Å². The predicted octanol–water partition coefficient (Wildman–Crippen LogP) is 8.62. The van der Waals surface area contributed by atoms with E-state index in [9.17, 15) is 5.11 Å². The molecular formula is C43H51BrN4O2S2. The Bertz CT molecular complexity index is 1980. The van der Waals surface area contributed by atoms with Crippen molar-refractivity contribution in [3.63, 3.8) is 0 Å². The maximum atomic E-state index is 13.5. The lowest BCUT2D eigenvalue weighted by Crippen LogP contribution is -2.64. The Hall–Kier alpha value is -2.63. The van der Waals surface area contributed by atoms with E-state index in [0.717, 1.165) is 101 Å². The second kappa shape index (κ2) is 16.4. The number of benzene rings is 4. The minimum Gasteiger partial charge on any atom is -0.481 e. The molecule has 0 bridgehead atoms. The first-order valence-corrected chi connectivity index (χ1v) is 20.5. The van der Waals surface area contributed by atoms with Gasteiger partial charge in [-0.1, -0.05) is 82.7 Å². The molecule has 2 fully saturated rings. The number of aliphatic hydroxyl groups is 1. The lowest BCUT2D eigenvalue weighted by atomic mass is 9.71. The van der Waals surface area contributed by atoms with Crippen LogP contribution in [0.2, 0.25) is 0 Å². The molecular weight excluding hydrogens is 749 g/mol. The summed E-state index contributed by atoms with van der Waals surface area (Å²) >= 11 is 13.8. The second-order valence-corrected chi connectivity index (χ2v) is 16.9. The van der Waals surface area contributed by atoms with Crippen LogP contribution in [-0.2, 0) is 5.60 Å². The Balaban J connectivity index is 1.20. The van der Waals surface area contributed by atoms with Crippen molar-refractivity contribution in [1.82, 2.24) is 19.7 Å². The molecule has 0 radical (unpaired) electrons. The van der Waals surface area contributed by atoms with E-state index in [1.54, 1.807) is 7.11 Å². The summed E-state index contributed by atoms with van der Waals surface area (Å²) in [5, 5.41) is 16.7. The van der Waals surface area contributed by atoms with Crippen LogP contribution in [0.4, 0.5) is 0 Å². The number of aromatic nitrogens is 1. The average Bonchev–Trinajstić information content (AvgIpc) is 3.17. The van der Waals surface area contributed by atoms with Gasteiger partial charge in [0, 0.05) is 52.8 Å². The highest BCUT2D eigenvalue weighted by Gasteiger charge is 2.44. The second-order valence-electron chi connectivity index (χ2n) is 14.9. The molecule has 1 aromatic heterocycles. The standard InChI is InChI=1S/C43H51BrN4O2S2/c1-46-22-18-37(19-23-46)48-25-24-47(29-42(48,52)30-51)21-9-8-20-43(49,35-15-14-31-10-6-7-13-33(31)26-35)40(32-11-4-3-5-12-32)38-28-34-27-36(44)16-17-39(34)45-41(38)50-2/h3-7,10-17,26-28,37,40,49,51-52H,8-9,18-25,29-30H2,1-2H3. The van der Waals surface area contributed by atoms with Gasteiger partial charge in [-0.2, -0.15) is 25.3 Å². The van der Waals surface area contributed by atoms with Gasteiger partial charge in [0.1, 0.15) is 5.60 Å². The van der Waals surface area contributed by atoms with Crippen LogP contribution >= 0.6 is 41.2 Å². The van der Waals surface area contributed by atoms with E-state index in [1.807, 2.05) is 18.2 Å². The number of nitrogens with zero attached hydrogens (tertiary/aromatic N) is 4. The van der Waals surface area contributed by atoms with E-state index in [4.69, 9.17) is 35.0 Å². The first-order chi connectivity index (χ1) is 25.2. The Kier molecular flexibility index (Phi) is 11.9. The fraction of sp³-hybridized carbons (Fsp3) is 0.419. The summed E-state index contributed by atoms with van der Waals surface area (Å²) in [5.41, 5.74) is 2.38. The van der Waals surface area contributed by atoms with Crippen molar-refractivity contribution >= 4 is 62.9 Å². The molecule has 4 aromatic carbocycles. The largest absolute Gasteiger partial charge is 0.481 e. The molecule has 2 saturated heterocycles. The van der Waals surface area contributed by atoms with E-state index in [2.05, 4.69) is 117 Å². The summed E-state index contributed by atoms with van der Waals surface area (Å²) in [5.74, 6) is 0.813. The fourth-order valence-corrected chi connectivity index (χ4v) is 9.79. The van der Waals surface area contributed by atoms with Crippen molar-refractivity contribution in [2.24, 2.45) is 0 Å². The van der Waals surface area contributed by atoms with Crippen LogP contribution in [0.25, 0.3) is 21.7 Å². The van der Waals surface area contributed by atoms with Crippen molar-refractivity contribution in [1.29, 1.82) is 0 Å². The van der Waals surface area contributed by atoms with Gasteiger partial charge in [0.2, 0.25) is 5.88 Å². The summed E-state index contributed by atoms with van der Waals surface area (Å²) in [6, 6.07) is 34.0. The summed E-state index contributed by atoms with van der Waals surface area (Å²) in [4.78, 5) is 12.4. The Morgan fingerprint density at radius 1 is 0.904 bits per heavy atom. The van der Waals surface area contributed by atoms with Gasteiger partial charge in [0.25, 0.3) is 0 Å². The molecule has 6 nitrogen and oxygen atoms in total. The number of unbranched alkanes of at least 4 members (excludes halogenated alkanes) is 1. The highest BCUT2D eigenvalue weighted by atomic mass is 79.9. The Morgan fingerprint density at radius 3 is 2.40 bits per heavy atom. The normalized spacial score (nSPS) is 21.3. The van der Waals surface area contributed by atoms with Crippen molar-refractivity contribution in [2.75, 3.05) is 59.2 Å². The molecule has 2 aliphatic heterocycles. The van der Waals surface area contributed by atoms with Crippen LogP contribution in [-0.4, -0.2) is 94.9 Å². The molecule has 52 heavy (non-hydrogen) atoms. The van der Waals surface area contributed by atoms with Crippen molar-refractivity contribution in [3.05, 3.63) is 118 Å². The third kappa shape index (κ3) is 7.92. The van der Waals surface area contributed by atoms with Gasteiger partial charge in [0.05, 0.1) is 17.5 Å². The van der Waals surface area contributed by atoms with Gasteiger partial charge in [-0.25, -0.2) is 4.98 Å². The number of halogens is 1. The molecule has 0 aliphatic carbocycles. The maximum Gasteiger partial charge on any atom is 0.217 e. The molecule has 5 aromatic rings. The highest BCUT2D eigenvalue weighted by molar-refractivity contribution is 9.10. The van der Waals surface area contributed by atoms with Crippen LogP contribution in [0.3, 0.4) is 0 Å². The molecule has 3 unspecified atom stereocenters. The van der Waals surface area contributed by atoms with Gasteiger partial charge in [-0.3, -0.25) is 9.80 Å². The van der Waals surface area contributed by atoms with Crippen LogP contribution in [0.1, 0.15) is 54.7 Å². The molecule has 9 heteroatoms. The van der Waals surface area contributed by atoms with E-state index in [1.165, 1.54) is 12.8 Å². The molecule has 0 saturated carbocycles. The molecule has 7 rings (SSSR count). The van der Waals surface area contributed by atoms with E-state index < -0.39 is 11.5 Å². The van der Waals surface area contributed by atoms with E-state index in [0.29, 0.717) is 18.3 Å². The predicted molar refractivity (Wildman–Crippen MR) is 225 cm³/mol. The van der Waals surface area contributed by atoms with Crippen molar-refractivity contribution in [2.45, 2.75) is 54.5 Å². The van der Waals surface area contributed by atoms with Crippen LogP contribution in [0.15, 0.2) is 102 Å². The lowest BCUT2D eigenvalue weighted by molar-refractivity contribution is 0.00116. The number of thiol groups is 2. The van der Waals surface area contributed by atoms with Crippen LogP contribution in [0, 0.1) is 0 Å². The number of likely N-dealkylation sites (tertiary alicyclic amines) is 1. The molecule has 2 aliphatic rings. The monoisotopic (exact) mass is 798 g/mol. The SMILES string of the molecule is COc1nc2ccc(Br)cc2cc1C(c1ccccc1)C(O)(CCCCN1CCN(C2CCN(C)CC2)C(S)(CS)C1)c1ccc2ccccc2c1. The first-order valence-electron chi connectivity index (χ1n) is 18.6. The number of piperazine rings is 1. The number of hydrogen-bond donors (Lipinski definition) is 3. The quantitative estimate of drug-likeness (QED) is 0.0869. The van der Waals surface area contributed by atoms with E-state index >= 15 is 0 Å². The van der Waals surface area contributed by atoms with Crippen LogP contribution in [0.5, 0.6) is 5.88 Å². The molecule has 0 amide bonds. The maximum absolute atomic E-state index is 13.5. The number of piperidine rings is 1.